The van der Waals surface area contributed by atoms with Crippen LogP contribution in [-0.4, -0.2) is 55.3 Å². The molecule has 1 atom stereocenters. The Morgan fingerprint density at radius 1 is 1.12 bits per heavy atom. The molecule has 3 aromatic rings. The van der Waals surface area contributed by atoms with Crippen LogP contribution in [0.25, 0.3) is 10.8 Å². The summed E-state index contributed by atoms with van der Waals surface area (Å²) in [5.74, 6) is -0.222. The summed E-state index contributed by atoms with van der Waals surface area (Å²) in [6.07, 6.45) is 2.65. The summed E-state index contributed by atoms with van der Waals surface area (Å²) in [4.78, 5) is 28.1. The van der Waals surface area contributed by atoms with E-state index in [1.807, 2.05) is 24.3 Å². The van der Waals surface area contributed by atoms with Crippen LogP contribution in [0.2, 0.25) is 0 Å². The summed E-state index contributed by atoms with van der Waals surface area (Å²) in [6.45, 7) is 0.770. The number of ketones is 1. The topological polar surface area (TPSA) is 95.0 Å². The van der Waals surface area contributed by atoms with Gasteiger partial charge in [0.1, 0.15) is 4.21 Å². The highest BCUT2D eigenvalue weighted by Crippen LogP contribution is 2.39. The molecule has 5 rings (SSSR count). The Kier molecular flexibility index (Phi) is 6.28. The highest BCUT2D eigenvalue weighted by atomic mass is 32.2. The molecule has 0 spiro atoms. The van der Waals surface area contributed by atoms with Crippen molar-refractivity contribution in [3.63, 3.8) is 0 Å². The summed E-state index contributed by atoms with van der Waals surface area (Å²) in [5, 5.41) is 12.6. The first kappa shape index (κ1) is 23.2. The second-order valence-electron chi connectivity index (χ2n) is 8.71. The number of benzene rings is 2. The largest absolute Gasteiger partial charge is 0.396 e. The molecule has 1 amide bonds. The van der Waals surface area contributed by atoms with Crippen LogP contribution in [0, 0.1) is 0 Å². The maximum absolute atomic E-state index is 13.5. The molecule has 0 saturated carbocycles. The van der Waals surface area contributed by atoms with Gasteiger partial charge in [0.05, 0.1) is 11.7 Å². The fraction of sp³-hybridized carbons (Fsp3) is 0.360. The van der Waals surface area contributed by atoms with Crippen LogP contribution in [0.1, 0.15) is 41.6 Å². The number of hydrogen-bond acceptors (Lipinski definition) is 6. The Bertz CT molecular complexity index is 1350. The molecule has 9 heteroatoms. The normalized spacial score (nSPS) is 18.7. The molecule has 2 aliphatic rings. The van der Waals surface area contributed by atoms with E-state index in [-0.39, 0.29) is 28.9 Å². The zero-order valence-corrected chi connectivity index (χ0v) is 20.3. The van der Waals surface area contributed by atoms with Crippen LogP contribution in [0.4, 0.5) is 5.69 Å². The lowest BCUT2D eigenvalue weighted by Gasteiger charge is -2.33. The molecular formula is C25H26N2O5S2. The second-order valence-corrected chi connectivity index (χ2v) is 11.8. The molecule has 0 radical (unpaired) electrons. The van der Waals surface area contributed by atoms with Crippen LogP contribution >= 0.6 is 11.3 Å². The van der Waals surface area contributed by atoms with Crippen molar-refractivity contribution < 1.29 is 23.1 Å². The summed E-state index contributed by atoms with van der Waals surface area (Å²) >= 11 is 1.17. The smallest absolute Gasteiger partial charge is 0.258 e. The summed E-state index contributed by atoms with van der Waals surface area (Å²) in [7, 11) is -3.72. The fourth-order valence-electron chi connectivity index (χ4n) is 5.06. The number of sulfonamides is 1. The van der Waals surface area contributed by atoms with Gasteiger partial charge < -0.3 is 10.0 Å². The van der Waals surface area contributed by atoms with E-state index in [1.165, 1.54) is 15.6 Å². The third-order valence-corrected chi connectivity index (χ3v) is 9.94. The van der Waals surface area contributed by atoms with Crippen LogP contribution in [-0.2, 0) is 21.2 Å². The minimum atomic E-state index is -3.72. The van der Waals surface area contributed by atoms with E-state index in [0.29, 0.717) is 31.5 Å². The maximum atomic E-state index is 13.5. The molecule has 1 fully saturated rings. The predicted molar refractivity (Wildman–Crippen MR) is 132 cm³/mol. The average molecular weight is 499 g/mol. The number of anilines is 1. The lowest BCUT2D eigenvalue weighted by atomic mass is 9.93. The molecule has 1 saturated heterocycles. The van der Waals surface area contributed by atoms with Crippen molar-refractivity contribution in [1.82, 2.24) is 4.31 Å². The number of piperidine rings is 1. The Labute approximate surface area is 202 Å². The first-order valence-electron chi connectivity index (χ1n) is 11.5. The molecule has 3 heterocycles. The third kappa shape index (κ3) is 3.86. The first-order valence-corrected chi connectivity index (χ1v) is 13.8. The van der Waals surface area contributed by atoms with E-state index in [9.17, 15) is 23.1 Å². The summed E-state index contributed by atoms with van der Waals surface area (Å²) < 4.78 is 28.1. The van der Waals surface area contributed by atoms with Crippen molar-refractivity contribution >= 4 is 49.5 Å². The zero-order chi connectivity index (χ0) is 23.9. The van der Waals surface area contributed by atoms with E-state index in [2.05, 4.69) is 0 Å². The Morgan fingerprint density at radius 2 is 1.97 bits per heavy atom. The molecule has 1 N–H and O–H groups in total. The Hall–Kier alpha value is -2.59. The van der Waals surface area contributed by atoms with Crippen LogP contribution in [0.15, 0.2) is 52.1 Å². The molecule has 7 nitrogen and oxygen atoms in total. The Morgan fingerprint density at radius 3 is 2.74 bits per heavy atom. The number of nitrogens with zero attached hydrogens (tertiary/aromatic N) is 2. The minimum Gasteiger partial charge on any atom is -0.396 e. The zero-order valence-electron chi connectivity index (χ0n) is 18.6. The molecule has 2 aromatic carbocycles. The fourth-order valence-corrected chi connectivity index (χ4v) is 7.86. The van der Waals surface area contributed by atoms with E-state index >= 15 is 0 Å². The van der Waals surface area contributed by atoms with Crippen LogP contribution in [0.5, 0.6) is 0 Å². The van der Waals surface area contributed by atoms with Gasteiger partial charge in [-0.2, -0.15) is 4.31 Å². The predicted octanol–water partition coefficient (Wildman–Crippen LogP) is 3.60. The van der Waals surface area contributed by atoms with Crippen molar-refractivity contribution in [2.24, 2.45) is 0 Å². The molecule has 2 aliphatic heterocycles. The van der Waals surface area contributed by atoms with Crippen molar-refractivity contribution in [2.45, 2.75) is 42.4 Å². The molecule has 178 valence electrons. The number of aliphatic hydroxyl groups is 1. The Balaban J connectivity index is 1.46. The average Bonchev–Trinajstić information content (AvgIpc) is 3.48. The van der Waals surface area contributed by atoms with Gasteiger partial charge >= 0.3 is 0 Å². The van der Waals surface area contributed by atoms with Crippen LogP contribution < -0.4 is 4.90 Å². The number of aliphatic hydroxyl groups excluding tert-OH is 1. The monoisotopic (exact) mass is 498 g/mol. The van der Waals surface area contributed by atoms with E-state index in [1.54, 1.807) is 28.5 Å². The van der Waals surface area contributed by atoms with Gasteiger partial charge in [-0.15, -0.1) is 11.3 Å². The SMILES string of the molecule is O=C(Cc1ccc2c3c(cccc13)C(=O)N2CCCO)C1CCCCN1S(=O)(=O)c1cccs1. The van der Waals surface area contributed by atoms with Crippen LogP contribution in [0.3, 0.4) is 0 Å². The van der Waals surface area contributed by atoms with Gasteiger partial charge in [0, 0.05) is 37.1 Å². The second kappa shape index (κ2) is 9.22. The highest BCUT2D eigenvalue weighted by molar-refractivity contribution is 7.91. The van der Waals surface area contributed by atoms with Gasteiger partial charge in [0.25, 0.3) is 15.9 Å². The minimum absolute atomic E-state index is 0.00210. The van der Waals surface area contributed by atoms with Gasteiger partial charge in [-0.3, -0.25) is 9.59 Å². The number of thiophene rings is 1. The first-order chi connectivity index (χ1) is 16.4. The summed E-state index contributed by atoms with van der Waals surface area (Å²) in [6, 6.07) is 11.8. The van der Waals surface area contributed by atoms with Crippen molar-refractivity contribution in [3.8, 4) is 0 Å². The maximum Gasteiger partial charge on any atom is 0.258 e. The lowest BCUT2D eigenvalue weighted by Crippen LogP contribution is -2.48. The molecule has 1 unspecified atom stereocenters. The van der Waals surface area contributed by atoms with E-state index < -0.39 is 16.1 Å². The number of amides is 1. The molecule has 0 bridgehead atoms. The van der Waals surface area contributed by atoms with Gasteiger partial charge in [-0.1, -0.05) is 30.7 Å². The molecular weight excluding hydrogens is 472 g/mol. The van der Waals surface area contributed by atoms with Crippen molar-refractivity contribution in [3.05, 3.63) is 59.0 Å². The highest BCUT2D eigenvalue weighted by Gasteiger charge is 2.38. The van der Waals surface area contributed by atoms with Gasteiger partial charge in [0.2, 0.25) is 0 Å². The van der Waals surface area contributed by atoms with Crippen molar-refractivity contribution in [2.75, 3.05) is 24.6 Å². The quantitative estimate of drug-likeness (QED) is 0.512. The van der Waals surface area contributed by atoms with Gasteiger partial charge in [-0.25, -0.2) is 8.42 Å². The van der Waals surface area contributed by atoms with Gasteiger partial charge in [0.15, 0.2) is 5.78 Å². The molecule has 34 heavy (non-hydrogen) atoms. The standard InChI is InChI=1S/C25H26N2O5S2/c28-14-5-12-26-21-11-10-17(18-6-3-7-19(24(18)21)25(26)30)16-22(29)20-8-1-2-13-27(20)34(31,32)23-9-4-15-33-23/h3-4,6-7,9-11,15,20,28H,1-2,5,8,12-14,16H2. The van der Waals surface area contributed by atoms with Crippen molar-refractivity contribution in [1.29, 1.82) is 0 Å². The third-order valence-electron chi connectivity index (χ3n) is 6.66. The molecule has 0 aliphatic carbocycles. The molecule has 1 aromatic heterocycles. The summed E-state index contributed by atoms with van der Waals surface area (Å²) in [5.41, 5.74) is 2.18. The van der Waals surface area contributed by atoms with Gasteiger partial charge in [-0.05, 0) is 53.8 Å². The number of rotatable bonds is 8. The van der Waals surface area contributed by atoms with E-state index in [4.69, 9.17) is 0 Å². The number of Topliss-reactive ketones (excluding diaryl/α,β-unsaturated/α-hetero) is 1. The lowest BCUT2D eigenvalue weighted by molar-refractivity contribution is -0.122. The number of carbonyl (C=O) groups is 2. The number of carbonyl (C=O) groups excluding carboxylic acids is 2. The number of hydrogen-bond donors (Lipinski definition) is 1. The van der Waals surface area contributed by atoms with E-state index in [0.717, 1.165) is 34.9 Å².